The molecule has 0 bridgehead atoms. The average molecular weight is 277 g/mol. The van der Waals surface area contributed by atoms with Crippen molar-refractivity contribution in [2.45, 2.75) is 27.3 Å². The molecule has 0 fully saturated rings. The summed E-state index contributed by atoms with van der Waals surface area (Å²) in [7, 11) is 0. The zero-order valence-corrected chi connectivity index (χ0v) is 12.9. The lowest BCUT2D eigenvalue weighted by Gasteiger charge is -2.25. The first-order valence-electron chi connectivity index (χ1n) is 7.21. The molecule has 2 N–H and O–H groups in total. The third kappa shape index (κ3) is 5.31. The van der Waals surface area contributed by atoms with Crippen LogP contribution in [-0.4, -0.2) is 36.3 Å². The van der Waals surface area contributed by atoms with E-state index in [1.807, 2.05) is 19.2 Å². The van der Waals surface area contributed by atoms with Crippen LogP contribution in [0, 0.1) is 12.8 Å². The first kappa shape index (κ1) is 16.7. The van der Waals surface area contributed by atoms with E-state index in [1.54, 1.807) is 0 Å². The Labute approximate surface area is 122 Å². The summed E-state index contributed by atoms with van der Waals surface area (Å²) in [5.41, 5.74) is 3.27. The number of aromatic nitrogens is 1. The van der Waals surface area contributed by atoms with Crippen molar-refractivity contribution in [1.29, 1.82) is 0 Å². The molecule has 0 radical (unpaired) electrons. The molecule has 0 saturated carbocycles. The topological polar surface area (TPSA) is 48.4 Å². The molecule has 1 aromatic heterocycles. The minimum absolute atomic E-state index is 0.133. The van der Waals surface area contributed by atoms with Gasteiger partial charge < -0.3 is 15.3 Å². The molecule has 20 heavy (non-hydrogen) atoms. The second-order valence-electron chi connectivity index (χ2n) is 5.44. The van der Waals surface area contributed by atoms with Crippen LogP contribution in [0.3, 0.4) is 0 Å². The summed E-state index contributed by atoms with van der Waals surface area (Å²) in [4.78, 5) is 6.52. The van der Waals surface area contributed by atoms with Gasteiger partial charge in [0.1, 0.15) is 0 Å². The van der Waals surface area contributed by atoms with E-state index in [-0.39, 0.29) is 6.61 Å². The molecule has 0 unspecified atom stereocenters. The predicted octanol–water partition coefficient (Wildman–Crippen LogP) is 2.12. The largest absolute Gasteiger partial charge is 0.395 e. The smallest absolute Gasteiger partial charge is 0.0606 e. The number of nitrogens with zero attached hydrogens (tertiary/aromatic N) is 2. The van der Waals surface area contributed by atoms with Gasteiger partial charge in [0.2, 0.25) is 0 Å². The van der Waals surface area contributed by atoms with Gasteiger partial charge in [0.15, 0.2) is 0 Å². The van der Waals surface area contributed by atoms with Crippen molar-refractivity contribution in [3.8, 4) is 0 Å². The van der Waals surface area contributed by atoms with Crippen LogP contribution in [0.4, 0.5) is 5.69 Å². The van der Waals surface area contributed by atoms with Crippen molar-refractivity contribution in [2.24, 2.45) is 5.92 Å². The highest BCUT2D eigenvalue weighted by atomic mass is 16.3. The quantitative estimate of drug-likeness (QED) is 0.679. The molecule has 0 spiro atoms. The lowest BCUT2D eigenvalue weighted by Crippen LogP contribution is -2.29. The van der Waals surface area contributed by atoms with Crippen LogP contribution in [0.2, 0.25) is 0 Å². The van der Waals surface area contributed by atoms with E-state index in [0.717, 1.165) is 36.6 Å². The van der Waals surface area contributed by atoms with Crippen molar-refractivity contribution >= 4 is 5.69 Å². The van der Waals surface area contributed by atoms with Crippen LogP contribution >= 0.6 is 0 Å². The van der Waals surface area contributed by atoms with Crippen molar-refractivity contribution in [3.63, 3.8) is 0 Å². The first-order chi connectivity index (χ1) is 9.58. The number of aryl methyl sites for hydroxylation is 1. The second-order valence-corrected chi connectivity index (χ2v) is 5.44. The van der Waals surface area contributed by atoms with Gasteiger partial charge in [0.05, 0.1) is 6.61 Å². The molecule has 0 aliphatic rings. The van der Waals surface area contributed by atoms with E-state index < -0.39 is 0 Å². The highest BCUT2D eigenvalue weighted by molar-refractivity contribution is 5.54. The Balaban J connectivity index is 2.89. The van der Waals surface area contributed by atoms with Crippen LogP contribution in [0.5, 0.6) is 0 Å². The van der Waals surface area contributed by atoms with Gasteiger partial charge in [-0.05, 0) is 25.5 Å². The SMILES string of the molecule is C=CCN(CCO)c1cc(C)ncc1CNCC(C)C. The molecule has 0 amide bonds. The Morgan fingerprint density at radius 2 is 2.25 bits per heavy atom. The highest BCUT2D eigenvalue weighted by Crippen LogP contribution is 2.21. The number of rotatable bonds is 9. The molecular weight excluding hydrogens is 250 g/mol. The van der Waals surface area contributed by atoms with Crippen molar-refractivity contribution in [1.82, 2.24) is 10.3 Å². The number of hydrogen-bond donors (Lipinski definition) is 2. The Morgan fingerprint density at radius 1 is 1.50 bits per heavy atom. The molecule has 0 aliphatic carbocycles. The van der Waals surface area contributed by atoms with E-state index in [1.165, 1.54) is 0 Å². The number of aliphatic hydroxyl groups is 1. The molecule has 1 aromatic rings. The van der Waals surface area contributed by atoms with E-state index in [4.69, 9.17) is 0 Å². The molecule has 1 heterocycles. The van der Waals surface area contributed by atoms with Crippen molar-refractivity contribution in [2.75, 3.05) is 31.1 Å². The lowest BCUT2D eigenvalue weighted by molar-refractivity contribution is 0.303. The fraction of sp³-hybridized carbons (Fsp3) is 0.562. The second kappa shape index (κ2) is 8.72. The summed E-state index contributed by atoms with van der Waals surface area (Å²) in [6, 6.07) is 2.07. The van der Waals surface area contributed by atoms with Crippen LogP contribution in [0.25, 0.3) is 0 Å². The zero-order chi connectivity index (χ0) is 15.0. The monoisotopic (exact) mass is 277 g/mol. The normalized spacial score (nSPS) is 10.8. The third-order valence-corrected chi connectivity index (χ3v) is 3.03. The van der Waals surface area contributed by atoms with Gasteiger partial charge in [-0.25, -0.2) is 0 Å². The average Bonchev–Trinajstić information content (AvgIpc) is 2.40. The Hall–Kier alpha value is -1.39. The van der Waals surface area contributed by atoms with Gasteiger partial charge >= 0.3 is 0 Å². The minimum atomic E-state index is 0.133. The van der Waals surface area contributed by atoms with Crippen LogP contribution in [0.1, 0.15) is 25.1 Å². The summed E-state index contributed by atoms with van der Waals surface area (Å²) >= 11 is 0. The van der Waals surface area contributed by atoms with E-state index >= 15 is 0 Å². The Bertz CT molecular complexity index is 418. The van der Waals surface area contributed by atoms with E-state index in [9.17, 15) is 5.11 Å². The van der Waals surface area contributed by atoms with Crippen LogP contribution in [0.15, 0.2) is 24.9 Å². The molecule has 0 saturated heterocycles. The number of aliphatic hydroxyl groups excluding tert-OH is 1. The molecule has 0 aromatic carbocycles. The molecule has 0 atom stereocenters. The Kier molecular flexibility index (Phi) is 7.26. The van der Waals surface area contributed by atoms with Gasteiger partial charge in [0, 0.05) is 42.8 Å². The minimum Gasteiger partial charge on any atom is -0.395 e. The number of nitrogens with one attached hydrogen (secondary N) is 1. The maximum Gasteiger partial charge on any atom is 0.0606 e. The van der Waals surface area contributed by atoms with E-state index in [2.05, 4.69) is 41.7 Å². The van der Waals surface area contributed by atoms with Crippen LogP contribution in [-0.2, 0) is 6.54 Å². The molecule has 4 nitrogen and oxygen atoms in total. The van der Waals surface area contributed by atoms with Crippen molar-refractivity contribution in [3.05, 3.63) is 36.2 Å². The maximum absolute atomic E-state index is 9.23. The summed E-state index contributed by atoms with van der Waals surface area (Å²) < 4.78 is 0. The fourth-order valence-corrected chi connectivity index (χ4v) is 2.09. The summed E-state index contributed by atoms with van der Waals surface area (Å²) in [5, 5.41) is 12.7. The summed E-state index contributed by atoms with van der Waals surface area (Å²) in [6.07, 6.45) is 3.78. The van der Waals surface area contributed by atoms with Gasteiger partial charge in [-0.2, -0.15) is 0 Å². The number of hydrogen-bond acceptors (Lipinski definition) is 4. The fourth-order valence-electron chi connectivity index (χ4n) is 2.09. The van der Waals surface area contributed by atoms with Gasteiger partial charge in [-0.1, -0.05) is 19.9 Å². The standard InChI is InChI=1S/C16H27N3O/c1-5-6-19(7-8-20)16-9-14(4)18-12-15(16)11-17-10-13(2)3/h5,9,12-13,17,20H,1,6-8,10-11H2,2-4H3. The summed E-state index contributed by atoms with van der Waals surface area (Å²) in [5.74, 6) is 0.624. The number of anilines is 1. The van der Waals surface area contributed by atoms with Crippen LogP contribution < -0.4 is 10.2 Å². The third-order valence-electron chi connectivity index (χ3n) is 3.03. The lowest BCUT2D eigenvalue weighted by atomic mass is 10.1. The molecule has 4 heteroatoms. The molecular formula is C16H27N3O. The predicted molar refractivity (Wildman–Crippen MR) is 85.0 cm³/mol. The van der Waals surface area contributed by atoms with Crippen molar-refractivity contribution < 1.29 is 5.11 Å². The van der Waals surface area contributed by atoms with Gasteiger partial charge in [0.25, 0.3) is 0 Å². The highest BCUT2D eigenvalue weighted by Gasteiger charge is 2.11. The number of pyridine rings is 1. The molecule has 0 aliphatic heterocycles. The zero-order valence-electron chi connectivity index (χ0n) is 12.9. The summed E-state index contributed by atoms with van der Waals surface area (Å²) in [6.45, 7) is 13.4. The van der Waals surface area contributed by atoms with Gasteiger partial charge in [-0.3, -0.25) is 4.98 Å². The molecule has 1 rings (SSSR count). The first-order valence-corrected chi connectivity index (χ1v) is 7.21. The van der Waals surface area contributed by atoms with Gasteiger partial charge in [-0.15, -0.1) is 6.58 Å². The maximum atomic E-state index is 9.23. The Morgan fingerprint density at radius 3 is 2.85 bits per heavy atom. The molecule has 112 valence electrons. The van der Waals surface area contributed by atoms with E-state index in [0.29, 0.717) is 12.5 Å².